The van der Waals surface area contributed by atoms with Crippen LogP contribution in [0.25, 0.3) is 0 Å². The normalized spacial score (nSPS) is 19.6. The number of aryl methyl sites for hydroxylation is 1. The molecule has 0 bridgehead atoms. The first kappa shape index (κ1) is 40.6. The van der Waals surface area contributed by atoms with E-state index in [0.29, 0.717) is 45.8 Å². The molecule has 0 aromatic heterocycles. The summed E-state index contributed by atoms with van der Waals surface area (Å²) in [6.45, 7) is 12.0. The molecule has 12 heteroatoms. The second kappa shape index (κ2) is 19.6. The van der Waals surface area contributed by atoms with Crippen molar-refractivity contribution in [3.05, 3.63) is 71.8 Å². The van der Waals surface area contributed by atoms with E-state index in [1.165, 1.54) is 0 Å². The number of carbonyl (C=O) groups excluding carboxylic acids is 5. The van der Waals surface area contributed by atoms with E-state index in [4.69, 9.17) is 14.2 Å². The van der Waals surface area contributed by atoms with Crippen LogP contribution in [0.2, 0.25) is 0 Å². The van der Waals surface area contributed by atoms with Crippen molar-refractivity contribution in [1.29, 1.82) is 0 Å². The number of hydrogen-bond donors (Lipinski definition) is 3. The van der Waals surface area contributed by atoms with Gasteiger partial charge in [0.1, 0.15) is 17.7 Å². The molecule has 2 fully saturated rings. The summed E-state index contributed by atoms with van der Waals surface area (Å²) in [7, 11) is 0. The molecule has 5 atom stereocenters. The van der Waals surface area contributed by atoms with Gasteiger partial charge < -0.3 is 30.2 Å². The van der Waals surface area contributed by atoms with E-state index in [1.54, 1.807) is 6.92 Å². The SMILES string of the molecule is CC(C)C[C@H](NC(=O)[C@H](CCc1ccccc1)OC(=O)CN1CCOCC1)C(=O)N[C@@H](Cc1ccccc1)C(=O)N[C@@H](CC(C)C)C(=O)[C@@]1(C)CO1. The molecule has 0 aliphatic carbocycles. The summed E-state index contributed by atoms with van der Waals surface area (Å²) in [5.41, 5.74) is 0.859. The summed E-state index contributed by atoms with van der Waals surface area (Å²) in [6, 6.07) is 16.0. The van der Waals surface area contributed by atoms with Crippen molar-refractivity contribution in [2.24, 2.45) is 11.8 Å². The van der Waals surface area contributed by atoms with Crippen molar-refractivity contribution < 1.29 is 38.2 Å². The van der Waals surface area contributed by atoms with Gasteiger partial charge in [-0.3, -0.25) is 28.9 Å². The second-order valence-electron chi connectivity index (χ2n) is 14.9. The highest BCUT2D eigenvalue weighted by Crippen LogP contribution is 2.29. The van der Waals surface area contributed by atoms with Crippen LogP contribution in [-0.2, 0) is 51.0 Å². The molecule has 3 amide bonds. The quantitative estimate of drug-likeness (QED) is 0.138. The molecule has 2 heterocycles. The Hall–Kier alpha value is -4.13. The summed E-state index contributed by atoms with van der Waals surface area (Å²) in [5, 5.41) is 8.64. The minimum atomic E-state index is -1.14. The Morgan fingerprint density at radius 2 is 1.27 bits per heavy atom. The van der Waals surface area contributed by atoms with Gasteiger partial charge in [-0.1, -0.05) is 88.4 Å². The van der Waals surface area contributed by atoms with Crippen LogP contribution in [0.1, 0.15) is 65.0 Å². The Labute approximate surface area is 307 Å². The number of epoxide rings is 1. The molecule has 2 saturated heterocycles. The highest BCUT2D eigenvalue weighted by atomic mass is 16.6. The van der Waals surface area contributed by atoms with Gasteiger partial charge in [-0.2, -0.15) is 0 Å². The van der Waals surface area contributed by atoms with E-state index in [0.717, 1.165) is 11.1 Å². The van der Waals surface area contributed by atoms with Gasteiger partial charge in [-0.15, -0.1) is 0 Å². The third kappa shape index (κ3) is 13.1. The topological polar surface area (TPSA) is 156 Å². The van der Waals surface area contributed by atoms with Crippen molar-refractivity contribution >= 4 is 29.5 Å². The smallest absolute Gasteiger partial charge is 0.320 e. The maximum absolute atomic E-state index is 14.1. The molecule has 0 radical (unpaired) electrons. The summed E-state index contributed by atoms with van der Waals surface area (Å²) in [4.78, 5) is 70.2. The average Bonchev–Trinajstić information content (AvgIpc) is 3.87. The highest BCUT2D eigenvalue weighted by Gasteiger charge is 2.50. The average molecular weight is 721 g/mol. The zero-order valence-electron chi connectivity index (χ0n) is 31.2. The number of Topliss-reactive ketones (excluding diaryl/α,β-unsaturated/α-hetero) is 1. The fraction of sp³-hybridized carbons (Fsp3) is 0.575. The van der Waals surface area contributed by atoms with Crippen LogP contribution in [0, 0.1) is 11.8 Å². The molecule has 2 aromatic rings. The van der Waals surface area contributed by atoms with Crippen molar-refractivity contribution in [2.75, 3.05) is 39.5 Å². The van der Waals surface area contributed by atoms with Crippen LogP contribution in [0.5, 0.6) is 0 Å². The maximum Gasteiger partial charge on any atom is 0.320 e. The van der Waals surface area contributed by atoms with Crippen molar-refractivity contribution in [3.8, 4) is 0 Å². The van der Waals surface area contributed by atoms with Crippen LogP contribution in [0.3, 0.4) is 0 Å². The van der Waals surface area contributed by atoms with Gasteiger partial charge in [-0.25, -0.2) is 0 Å². The van der Waals surface area contributed by atoms with Gasteiger partial charge in [0, 0.05) is 19.5 Å². The number of ether oxygens (including phenoxy) is 3. The molecule has 2 aliphatic heterocycles. The standard InChI is InChI=1S/C40H56N4O8/c1-27(2)22-31(36(46)40(5)26-51-40)41-38(48)33(24-30-14-10-7-11-15-30)42-37(47)32(23-28(3)4)43-39(49)34(17-16-29-12-8-6-9-13-29)52-35(45)25-44-18-20-50-21-19-44/h6-15,27-28,31-34H,16-26H2,1-5H3,(H,41,48)(H,42,47)(H,43,49)/t31-,32-,33-,34-,40+/m0/s1. The minimum absolute atomic E-state index is 0.00332. The van der Waals surface area contributed by atoms with Gasteiger partial charge in [0.05, 0.1) is 32.4 Å². The van der Waals surface area contributed by atoms with E-state index < -0.39 is 53.5 Å². The molecular weight excluding hydrogens is 664 g/mol. The Morgan fingerprint density at radius 3 is 1.85 bits per heavy atom. The van der Waals surface area contributed by atoms with Crippen molar-refractivity contribution in [1.82, 2.24) is 20.9 Å². The molecule has 284 valence electrons. The minimum Gasteiger partial charge on any atom is -0.451 e. The van der Waals surface area contributed by atoms with Crippen molar-refractivity contribution in [3.63, 3.8) is 0 Å². The summed E-state index contributed by atoms with van der Waals surface area (Å²) < 4.78 is 16.6. The fourth-order valence-electron chi connectivity index (χ4n) is 6.22. The van der Waals surface area contributed by atoms with Crippen LogP contribution in [0.15, 0.2) is 60.7 Å². The van der Waals surface area contributed by atoms with Crippen LogP contribution < -0.4 is 16.0 Å². The zero-order chi connectivity index (χ0) is 37.7. The lowest BCUT2D eigenvalue weighted by Gasteiger charge is -2.28. The van der Waals surface area contributed by atoms with Gasteiger partial charge in [0.2, 0.25) is 11.8 Å². The van der Waals surface area contributed by atoms with E-state index in [9.17, 15) is 24.0 Å². The molecular formula is C40H56N4O8. The molecule has 2 aromatic carbocycles. The van der Waals surface area contributed by atoms with E-state index in [2.05, 4.69) is 16.0 Å². The van der Waals surface area contributed by atoms with Crippen LogP contribution >= 0.6 is 0 Å². The zero-order valence-corrected chi connectivity index (χ0v) is 31.2. The fourth-order valence-corrected chi connectivity index (χ4v) is 6.22. The third-order valence-corrected chi connectivity index (χ3v) is 9.25. The molecule has 12 nitrogen and oxygen atoms in total. The highest BCUT2D eigenvalue weighted by molar-refractivity contribution is 5.98. The maximum atomic E-state index is 14.1. The summed E-state index contributed by atoms with van der Waals surface area (Å²) >= 11 is 0. The van der Waals surface area contributed by atoms with Gasteiger partial charge >= 0.3 is 5.97 Å². The lowest BCUT2D eigenvalue weighted by atomic mass is 9.93. The predicted molar refractivity (Wildman–Crippen MR) is 196 cm³/mol. The number of hydrogen-bond acceptors (Lipinski definition) is 9. The molecule has 4 rings (SSSR count). The Kier molecular flexibility index (Phi) is 15.3. The number of benzene rings is 2. The molecule has 2 aliphatic rings. The third-order valence-electron chi connectivity index (χ3n) is 9.25. The number of ketones is 1. The molecule has 0 unspecified atom stereocenters. The van der Waals surface area contributed by atoms with Crippen molar-refractivity contribution in [2.45, 2.75) is 96.6 Å². The largest absolute Gasteiger partial charge is 0.451 e. The number of carbonyl (C=O) groups is 5. The number of rotatable bonds is 20. The second-order valence-corrected chi connectivity index (χ2v) is 14.9. The number of nitrogens with one attached hydrogen (secondary N) is 3. The summed E-state index contributed by atoms with van der Waals surface area (Å²) in [6.07, 6.45) is 0.396. The molecule has 0 saturated carbocycles. The van der Waals surface area contributed by atoms with Gasteiger partial charge in [-0.05, 0) is 55.6 Å². The number of esters is 1. The lowest BCUT2D eigenvalue weighted by Crippen LogP contribution is -2.58. The first-order chi connectivity index (χ1) is 24.8. The number of morpholine rings is 1. The van der Waals surface area contributed by atoms with Crippen LogP contribution in [0.4, 0.5) is 0 Å². The Morgan fingerprint density at radius 1 is 0.750 bits per heavy atom. The van der Waals surface area contributed by atoms with Crippen LogP contribution in [-0.4, -0.2) is 104 Å². The number of nitrogens with zero attached hydrogens (tertiary/aromatic N) is 1. The molecule has 0 spiro atoms. The number of amides is 3. The lowest BCUT2D eigenvalue weighted by molar-refractivity contribution is -0.158. The van der Waals surface area contributed by atoms with Gasteiger partial charge in [0.15, 0.2) is 11.9 Å². The van der Waals surface area contributed by atoms with Gasteiger partial charge in [0.25, 0.3) is 5.91 Å². The first-order valence-corrected chi connectivity index (χ1v) is 18.5. The first-order valence-electron chi connectivity index (χ1n) is 18.5. The Balaban J connectivity index is 1.51. The molecule has 52 heavy (non-hydrogen) atoms. The van der Waals surface area contributed by atoms with E-state index >= 15 is 0 Å². The Bertz CT molecular complexity index is 1470. The molecule has 3 N–H and O–H groups in total. The summed E-state index contributed by atoms with van der Waals surface area (Å²) in [5.74, 6) is -2.27. The van der Waals surface area contributed by atoms with E-state index in [1.807, 2.05) is 93.3 Å². The monoisotopic (exact) mass is 720 g/mol. The van der Waals surface area contributed by atoms with E-state index in [-0.39, 0.29) is 43.4 Å². The predicted octanol–water partition coefficient (Wildman–Crippen LogP) is 3.01.